The normalized spacial score (nSPS) is 11.9. The maximum atomic E-state index is 14.1. The molecule has 0 nitrogen and oxygen atoms in total. The Morgan fingerprint density at radius 1 is 0.810 bits per heavy atom. The minimum absolute atomic E-state index is 0.338. The van der Waals surface area contributed by atoms with E-state index in [2.05, 4.69) is 0 Å². The fourth-order valence-corrected chi connectivity index (χ4v) is 3.90. The van der Waals surface area contributed by atoms with Crippen molar-refractivity contribution in [1.82, 2.24) is 0 Å². The quantitative estimate of drug-likeness (QED) is 0.441. The van der Waals surface area contributed by atoms with E-state index < -0.39 is 11.9 Å². The van der Waals surface area contributed by atoms with Gasteiger partial charge in [0.2, 0.25) is 0 Å². The van der Waals surface area contributed by atoms with Crippen LogP contribution in [-0.2, 0) is 0 Å². The molecule has 0 aliphatic carbocycles. The zero-order chi connectivity index (χ0) is 15.5. The predicted octanol–water partition coefficient (Wildman–Crippen LogP) is 6.14. The molecule has 21 heavy (non-hydrogen) atoms. The van der Waals surface area contributed by atoms with Crippen LogP contribution in [0.1, 0.15) is 23.5 Å². The van der Waals surface area contributed by atoms with Gasteiger partial charge in [0, 0.05) is 5.92 Å². The molecule has 0 aliphatic heterocycles. The monoisotopic (exact) mass is 364 g/mol. The van der Waals surface area contributed by atoms with E-state index in [-0.39, 0.29) is 11.6 Å². The first-order valence-electron chi connectivity index (χ1n) is 6.44. The van der Waals surface area contributed by atoms with Gasteiger partial charge < -0.3 is 0 Å². The van der Waals surface area contributed by atoms with Gasteiger partial charge in [0.1, 0.15) is 11.6 Å². The van der Waals surface area contributed by atoms with Crippen LogP contribution in [0.5, 0.6) is 0 Å². The highest BCUT2D eigenvalue weighted by molar-refractivity contribution is 7.64. The van der Waals surface area contributed by atoms with Gasteiger partial charge in [0.25, 0.3) is 0 Å². The van der Waals surface area contributed by atoms with Crippen LogP contribution in [0.4, 0.5) is 8.78 Å². The van der Waals surface area contributed by atoms with Gasteiger partial charge in [-0.1, -0.05) is 36.4 Å². The average molecular weight is 366 g/mol. The Kier molecular flexibility index (Phi) is 5.66. The summed E-state index contributed by atoms with van der Waals surface area (Å²) in [5.41, 5.74) is 0.844. The maximum absolute atomic E-state index is 14.1. The number of rotatable bonds is 5. The standard InChI is InChI=1S/C15H13Cl3F2Si/c16-21(17,18)10-9-11(12-5-1-3-7-14(12)19)13-6-2-4-8-15(13)20/h1-8,11H,9-10H2. The molecule has 0 radical (unpaired) electrons. The summed E-state index contributed by atoms with van der Waals surface area (Å²) in [6, 6.07) is 10.1. The Balaban J connectivity index is 2.40. The molecule has 0 spiro atoms. The van der Waals surface area contributed by atoms with Crippen molar-refractivity contribution in [1.29, 1.82) is 0 Å². The summed E-state index contributed by atoms with van der Waals surface area (Å²) < 4.78 is 28.1. The number of halogens is 5. The van der Waals surface area contributed by atoms with E-state index in [0.29, 0.717) is 23.6 Å². The van der Waals surface area contributed by atoms with Crippen molar-refractivity contribution < 1.29 is 8.78 Å². The molecule has 0 aliphatic rings. The summed E-state index contributed by atoms with van der Waals surface area (Å²) in [7, 11) is 0. The highest BCUT2D eigenvalue weighted by Gasteiger charge is 2.29. The topological polar surface area (TPSA) is 0 Å². The lowest BCUT2D eigenvalue weighted by molar-refractivity contribution is 0.565. The van der Waals surface area contributed by atoms with Crippen LogP contribution in [0.15, 0.2) is 48.5 Å². The lowest BCUT2D eigenvalue weighted by Crippen LogP contribution is -2.13. The molecular formula is C15H13Cl3F2Si. The first-order chi connectivity index (χ1) is 9.88. The number of hydrogen-bond acceptors (Lipinski definition) is 0. The zero-order valence-electron chi connectivity index (χ0n) is 11.0. The summed E-state index contributed by atoms with van der Waals surface area (Å²) in [5.74, 6) is -1.22. The van der Waals surface area contributed by atoms with E-state index in [9.17, 15) is 8.78 Å². The lowest BCUT2D eigenvalue weighted by Gasteiger charge is -2.20. The van der Waals surface area contributed by atoms with Gasteiger partial charge in [-0.05, 0) is 35.7 Å². The maximum Gasteiger partial charge on any atom is 0.341 e. The minimum Gasteiger partial charge on any atom is -0.207 e. The van der Waals surface area contributed by atoms with E-state index in [1.165, 1.54) is 12.1 Å². The Morgan fingerprint density at radius 2 is 1.24 bits per heavy atom. The van der Waals surface area contributed by atoms with Crippen LogP contribution >= 0.6 is 33.2 Å². The summed E-state index contributed by atoms with van der Waals surface area (Å²) in [6.45, 7) is 0. The molecule has 2 aromatic carbocycles. The van der Waals surface area contributed by atoms with E-state index in [1.807, 2.05) is 0 Å². The first-order valence-corrected chi connectivity index (χ1v) is 11.7. The van der Waals surface area contributed by atoms with Crippen molar-refractivity contribution in [3.8, 4) is 0 Å². The van der Waals surface area contributed by atoms with Gasteiger partial charge in [-0.2, -0.15) is 0 Å². The van der Waals surface area contributed by atoms with Crippen molar-refractivity contribution >= 4 is 39.2 Å². The second kappa shape index (κ2) is 7.10. The third-order valence-electron chi connectivity index (χ3n) is 3.28. The third kappa shape index (κ3) is 4.68. The Hall–Kier alpha value is -0.613. The van der Waals surface area contributed by atoms with Gasteiger partial charge in [-0.3, -0.25) is 0 Å². The largest absolute Gasteiger partial charge is 0.341 e. The van der Waals surface area contributed by atoms with Crippen LogP contribution in [0.25, 0.3) is 0 Å². The molecule has 6 heteroatoms. The van der Waals surface area contributed by atoms with Crippen LogP contribution < -0.4 is 0 Å². The molecule has 0 fully saturated rings. The average Bonchev–Trinajstić information content (AvgIpc) is 2.41. The molecule has 0 N–H and O–H groups in total. The fraction of sp³-hybridized carbons (Fsp3) is 0.200. The van der Waals surface area contributed by atoms with E-state index in [0.717, 1.165) is 0 Å². The second-order valence-electron chi connectivity index (χ2n) is 4.75. The summed E-state index contributed by atoms with van der Waals surface area (Å²) in [4.78, 5) is 0. The second-order valence-corrected chi connectivity index (χ2v) is 14.0. The van der Waals surface area contributed by atoms with Crippen molar-refractivity contribution in [3.63, 3.8) is 0 Å². The van der Waals surface area contributed by atoms with Crippen molar-refractivity contribution in [3.05, 3.63) is 71.3 Å². The first kappa shape index (κ1) is 16.8. The Bertz CT molecular complexity index is 568. The molecule has 0 atom stereocenters. The van der Waals surface area contributed by atoms with Gasteiger partial charge in [-0.15, -0.1) is 33.2 Å². The van der Waals surface area contributed by atoms with Crippen LogP contribution in [0.3, 0.4) is 0 Å². The smallest absolute Gasteiger partial charge is 0.207 e. The highest BCUT2D eigenvalue weighted by atomic mass is 35.8. The molecule has 0 heterocycles. The number of benzene rings is 2. The molecular weight excluding hydrogens is 353 g/mol. The van der Waals surface area contributed by atoms with E-state index >= 15 is 0 Å². The lowest BCUT2D eigenvalue weighted by atomic mass is 9.88. The number of hydrogen-bond donors (Lipinski definition) is 0. The molecule has 2 aromatic rings. The summed E-state index contributed by atoms with van der Waals surface area (Å²) >= 11 is 17.7. The Labute approximate surface area is 137 Å². The molecule has 0 amide bonds. The van der Waals surface area contributed by atoms with Gasteiger partial charge >= 0.3 is 6.00 Å². The molecule has 0 saturated heterocycles. The van der Waals surface area contributed by atoms with Crippen LogP contribution in [0.2, 0.25) is 6.04 Å². The molecule has 112 valence electrons. The molecule has 0 saturated carbocycles. The molecule has 0 bridgehead atoms. The molecule has 0 unspecified atom stereocenters. The van der Waals surface area contributed by atoms with Crippen molar-refractivity contribution in [2.45, 2.75) is 18.4 Å². The summed E-state index contributed by atoms with van der Waals surface area (Å²) in [5, 5.41) is 0. The zero-order valence-corrected chi connectivity index (χ0v) is 14.3. The fourth-order valence-electron chi connectivity index (χ4n) is 2.30. The molecule has 2 rings (SSSR count). The van der Waals surface area contributed by atoms with E-state index in [4.69, 9.17) is 33.2 Å². The van der Waals surface area contributed by atoms with Gasteiger partial charge in [0.05, 0.1) is 0 Å². The van der Waals surface area contributed by atoms with E-state index in [1.54, 1.807) is 36.4 Å². The highest BCUT2D eigenvalue weighted by Crippen LogP contribution is 2.37. The summed E-state index contributed by atoms with van der Waals surface area (Å²) in [6.07, 6.45) is 0.393. The van der Waals surface area contributed by atoms with Crippen LogP contribution in [0, 0.1) is 11.6 Å². The van der Waals surface area contributed by atoms with Gasteiger partial charge in [-0.25, -0.2) is 8.78 Å². The minimum atomic E-state index is -2.85. The Morgan fingerprint density at radius 3 is 1.62 bits per heavy atom. The van der Waals surface area contributed by atoms with Gasteiger partial charge in [0.15, 0.2) is 0 Å². The molecule has 0 aromatic heterocycles. The SMILES string of the molecule is Fc1ccccc1C(CC[Si](Cl)(Cl)Cl)c1ccccc1F. The van der Waals surface area contributed by atoms with Crippen molar-refractivity contribution in [2.24, 2.45) is 0 Å². The third-order valence-corrected chi connectivity index (χ3v) is 5.83. The predicted molar refractivity (Wildman–Crippen MR) is 87.4 cm³/mol. The van der Waals surface area contributed by atoms with Crippen LogP contribution in [-0.4, -0.2) is 6.00 Å². The van der Waals surface area contributed by atoms with Crippen molar-refractivity contribution in [2.75, 3.05) is 0 Å².